The molecule has 0 unspecified atom stereocenters. The number of aryl methyl sites for hydroxylation is 1. The fourth-order valence-electron chi connectivity index (χ4n) is 1.75. The molecular weight excluding hydrogens is 272 g/mol. The summed E-state index contributed by atoms with van der Waals surface area (Å²) in [5.74, 6) is 8.00. The highest BCUT2D eigenvalue weighted by molar-refractivity contribution is 7.09. The van der Waals surface area contributed by atoms with Gasteiger partial charge in [0.2, 0.25) is 0 Å². The first-order chi connectivity index (χ1) is 9.51. The predicted molar refractivity (Wildman–Crippen MR) is 82.9 cm³/mol. The van der Waals surface area contributed by atoms with Crippen molar-refractivity contribution in [2.75, 3.05) is 17.4 Å². The lowest BCUT2D eigenvalue weighted by atomic mass is 10.2. The average molecular weight is 292 g/mol. The van der Waals surface area contributed by atoms with Crippen LogP contribution in [0, 0.1) is 6.92 Å². The molecule has 2 aromatic heterocycles. The minimum absolute atomic E-state index is 0.251. The molecule has 0 radical (unpaired) electrons. The Morgan fingerprint density at radius 3 is 2.70 bits per heavy atom. The molecule has 108 valence electrons. The van der Waals surface area contributed by atoms with Crippen molar-refractivity contribution in [1.29, 1.82) is 0 Å². The number of nitrogens with one attached hydrogen (secondary N) is 1. The third-order valence-electron chi connectivity index (χ3n) is 3.01. The molecule has 0 amide bonds. The second-order valence-electron chi connectivity index (χ2n) is 4.99. The number of hydrogen-bond donors (Lipinski definition) is 2. The van der Waals surface area contributed by atoms with Crippen molar-refractivity contribution in [2.24, 2.45) is 5.84 Å². The van der Waals surface area contributed by atoms with E-state index in [0.29, 0.717) is 5.82 Å². The molecule has 6 nitrogen and oxygen atoms in total. The first-order valence-corrected chi connectivity index (χ1v) is 7.35. The Kier molecular flexibility index (Phi) is 4.51. The van der Waals surface area contributed by atoms with Crippen molar-refractivity contribution in [3.05, 3.63) is 28.0 Å². The predicted octanol–water partition coefficient (Wildman–Crippen LogP) is 2.29. The van der Waals surface area contributed by atoms with Crippen molar-refractivity contribution < 1.29 is 0 Å². The van der Waals surface area contributed by atoms with E-state index < -0.39 is 0 Å². The van der Waals surface area contributed by atoms with Crippen molar-refractivity contribution in [3.8, 4) is 0 Å². The number of thiazole rings is 1. The number of nitrogens with two attached hydrogens (primary N) is 1. The summed E-state index contributed by atoms with van der Waals surface area (Å²) >= 11 is 1.66. The van der Waals surface area contributed by atoms with Crippen LogP contribution in [-0.2, 0) is 6.54 Å². The number of nitrogen functional groups attached to an aromatic ring is 1. The Hall–Kier alpha value is -1.73. The van der Waals surface area contributed by atoms with Crippen molar-refractivity contribution in [3.63, 3.8) is 0 Å². The number of rotatable bonds is 5. The number of hydrazine groups is 1. The third-order valence-corrected chi connectivity index (χ3v) is 3.93. The van der Waals surface area contributed by atoms with Crippen LogP contribution < -0.4 is 16.2 Å². The standard InChI is InChI=1S/C13H20N6S/c1-8(2)13-16-11(18-14)5-12(17-13)19(4)6-10-9(3)15-7-20-10/h5,7-8H,6,14H2,1-4H3,(H,16,17,18). The Labute approximate surface area is 123 Å². The van der Waals surface area contributed by atoms with E-state index in [1.165, 1.54) is 4.88 Å². The van der Waals surface area contributed by atoms with Gasteiger partial charge in [-0.25, -0.2) is 20.8 Å². The van der Waals surface area contributed by atoms with E-state index in [0.717, 1.165) is 23.9 Å². The monoisotopic (exact) mass is 292 g/mol. The van der Waals surface area contributed by atoms with Crippen molar-refractivity contribution in [2.45, 2.75) is 33.2 Å². The van der Waals surface area contributed by atoms with Gasteiger partial charge in [-0.1, -0.05) is 13.8 Å². The fraction of sp³-hybridized carbons (Fsp3) is 0.462. The van der Waals surface area contributed by atoms with Gasteiger partial charge in [-0.3, -0.25) is 0 Å². The van der Waals surface area contributed by atoms with E-state index in [-0.39, 0.29) is 5.92 Å². The first-order valence-electron chi connectivity index (χ1n) is 6.47. The molecule has 0 aliphatic heterocycles. The topological polar surface area (TPSA) is 80.0 Å². The van der Waals surface area contributed by atoms with Gasteiger partial charge in [-0.05, 0) is 6.92 Å². The molecule has 2 heterocycles. The lowest BCUT2D eigenvalue weighted by molar-refractivity contribution is 0.763. The summed E-state index contributed by atoms with van der Waals surface area (Å²) in [5, 5.41) is 0. The SMILES string of the molecule is Cc1ncsc1CN(C)c1cc(NN)nc(C(C)C)n1. The van der Waals surface area contributed by atoms with Gasteiger partial charge in [0.1, 0.15) is 17.5 Å². The highest BCUT2D eigenvalue weighted by Gasteiger charge is 2.12. The third kappa shape index (κ3) is 3.23. The lowest BCUT2D eigenvalue weighted by Crippen LogP contribution is -2.20. The van der Waals surface area contributed by atoms with E-state index in [1.807, 2.05) is 25.5 Å². The number of nitrogens with zero attached hydrogens (tertiary/aromatic N) is 4. The normalized spacial score (nSPS) is 10.9. The highest BCUT2D eigenvalue weighted by atomic mass is 32.1. The van der Waals surface area contributed by atoms with Crippen LogP contribution in [0.3, 0.4) is 0 Å². The zero-order valence-electron chi connectivity index (χ0n) is 12.2. The van der Waals surface area contributed by atoms with Gasteiger partial charge >= 0.3 is 0 Å². The molecule has 0 saturated carbocycles. The second kappa shape index (κ2) is 6.15. The summed E-state index contributed by atoms with van der Waals surface area (Å²) in [6.45, 7) is 6.92. The van der Waals surface area contributed by atoms with Crippen molar-refractivity contribution in [1.82, 2.24) is 15.0 Å². The van der Waals surface area contributed by atoms with E-state index in [9.17, 15) is 0 Å². The second-order valence-corrected chi connectivity index (χ2v) is 5.92. The summed E-state index contributed by atoms with van der Waals surface area (Å²) in [6.07, 6.45) is 0. The Morgan fingerprint density at radius 2 is 2.15 bits per heavy atom. The molecule has 0 spiro atoms. The zero-order valence-corrected chi connectivity index (χ0v) is 13.0. The molecule has 20 heavy (non-hydrogen) atoms. The maximum Gasteiger partial charge on any atom is 0.145 e. The number of hydrogen-bond acceptors (Lipinski definition) is 7. The van der Waals surface area contributed by atoms with Gasteiger partial charge in [0, 0.05) is 23.9 Å². The smallest absolute Gasteiger partial charge is 0.145 e. The van der Waals surface area contributed by atoms with Crippen LogP contribution in [0.5, 0.6) is 0 Å². The van der Waals surface area contributed by atoms with Gasteiger partial charge in [-0.2, -0.15) is 0 Å². The van der Waals surface area contributed by atoms with Gasteiger partial charge in [0.25, 0.3) is 0 Å². The summed E-state index contributed by atoms with van der Waals surface area (Å²) in [7, 11) is 2.01. The van der Waals surface area contributed by atoms with Gasteiger partial charge in [0.15, 0.2) is 0 Å². The van der Waals surface area contributed by atoms with Crippen LogP contribution in [0.25, 0.3) is 0 Å². The van der Waals surface area contributed by atoms with Gasteiger partial charge < -0.3 is 10.3 Å². The molecular formula is C13H20N6S. The van der Waals surface area contributed by atoms with Crippen LogP contribution in [0.4, 0.5) is 11.6 Å². The molecule has 0 atom stereocenters. The largest absolute Gasteiger partial charge is 0.354 e. The molecule has 0 aliphatic carbocycles. The summed E-state index contributed by atoms with van der Waals surface area (Å²) < 4.78 is 0. The molecule has 2 aromatic rings. The van der Waals surface area contributed by atoms with E-state index in [2.05, 4.69) is 39.1 Å². The maximum absolute atomic E-state index is 5.48. The molecule has 3 N–H and O–H groups in total. The summed E-state index contributed by atoms with van der Waals surface area (Å²) in [5.41, 5.74) is 5.53. The number of anilines is 2. The lowest BCUT2D eigenvalue weighted by Gasteiger charge is -2.19. The molecule has 0 bridgehead atoms. The van der Waals surface area contributed by atoms with Gasteiger partial charge in [0.05, 0.1) is 17.7 Å². The molecule has 0 aromatic carbocycles. The molecule has 7 heteroatoms. The summed E-state index contributed by atoms with van der Waals surface area (Å²) in [4.78, 5) is 16.5. The Morgan fingerprint density at radius 1 is 1.40 bits per heavy atom. The first kappa shape index (κ1) is 14.7. The van der Waals surface area contributed by atoms with Gasteiger partial charge in [-0.15, -0.1) is 11.3 Å². The fourth-order valence-corrected chi connectivity index (χ4v) is 2.58. The Bertz CT molecular complexity index is 580. The van der Waals surface area contributed by atoms with E-state index in [1.54, 1.807) is 11.3 Å². The number of aromatic nitrogens is 3. The summed E-state index contributed by atoms with van der Waals surface area (Å²) in [6, 6.07) is 1.85. The average Bonchev–Trinajstić information content (AvgIpc) is 2.83. The Balaban J connectivity index is 2.26. The molecule has 2 rings (SSSR count). The molecule has 0 aliphatic rings. The van der Waals surface area contributed by atoms with E-state index in [4.69, 9.17) is 5.84 Å². The van der Waals surface area contributed by atoms with Crippen LogP contribution >= 0.6 is 11.3 Å². The van der Waals surface area contributed by atoms with Crippen LogP contribution in [0.15, 0.2) is 11.6 Å². The molecule has 0 fully saturated rings. The minimum atomic E-state index is 0.251. The quantitative estimate of drug-likeness (QED) is 0.650. The van der Waals surface area contributed by atoms with Crippen LogP contribution in [-0.4, -0.2) is 22.0 Å². The van der Waals surface area contributed by atoms with Crippen LogP contribution in [0.2, 0.25) is 0 Å². The highest BCUT2D eigenvalue weighted by Crippen LogP contribution is 2.22. The maximum atomic E-state index is 5.48. The van der Waals surface area contributed by atoms with Crippen molar-refractivity contribution >= 4 is 23.0 Å². The minimum Gasteiger partial charge on any atom is -0.354 e. The molecule has 0 saturated heterocycles. The van der Waals surface area contributed by atoms with E-state index >= 15 is 0 Å². The zero-order chi connectivity index (χ0) is 14.7. The van der Waals surface area contributed by atoms with Crippen LogP contribution in [0.1, 0.15) is 36.2 Å².